The van der Waals surface area contributed by atoms with Crippen LogP contribution in [0, 0.1) is 0 Å². The number of hydrogen-bond donors (Lipinski definition) is 0. The van der Waals surface area contributed by atoms with Gasteiger partial charge in [0.2, 0.25) is 0 Å². The zero-order chi connectivity index (χ0) is 17.4. The minimum absolute atomic E-state index is 0.0672. The van der Waals surface area contributed by atoms with E-state index in [4.69, 9.17) is 27.9 Å². The first-order valence-corrected chi connectivity index (χ1v) is 7.79. The third-order valence-electron chi connectivity index (χ3n) is 3.66. The van der Waals surface area contributed by atoms with E-state index >= 15 is 0 Å². The molecule has 2 amide bonds. The topological polar surface area (TPSA) is 63.7 Å². The van der Waals surface area contributed by atoms with Crippen LogP contribution in [0.25, 0.3) is 0 Å². The van der Waals surface area contributed by atoms with Gasteiger partial charge in [-0.1, -0.05) is 35.3 Å². The van der Waals surface area contributed by atoms with Crippen LogP contribution in [-0.4, -0.2) is 28.7 Å². The fourth-order valence-corrected chi connectivity index (χ4v) is 2.73. The van der Waals surface area contributed by atoms with E-state index in [1.807, 2.05) is 0 Å². The van der Waals surface area contributed by atoms with Crippen molar-refractivity contribution >= 4 is 41.0 Å². The molecule has 0 N–H and O–H groups in total. The van der Waals surface area contributed by atoms with Crippen molar-refractivity contribution in [2.75, 3.05) is 0 Å². The minimum atomic E-state index is -1.10. The molecule has 0 spiro atoms. The number of esters is 1. The lowest BCUT2D eigenvalue weighted by Crippen LogP contribution is -2.44. The van der Waals surface area contributed by atoms with Crippen molar-refractivity contribution in [1.82, 2.24) is 4.90 Å². The van der Waals surface area contributed by atoms with Gasteiger partial charge in [0.1, 0.15) is 6.04 Å². The van der Waals surface area contributed by atoms with Crippen LogP contribution < -0.4 is 4.74 Å². The SMILES string of the molecule is C[C@H](C(=O)Oc1cc(Cl)ccc1Cl)N1C(=O)c2ccccc2C1=O. The number of benzene rings is 2. The fraction of sp³-hybridized carbons (Fsp3) is 0.118. The molecule has 7 heteroatoms. The molecule has 1 atom stereocenters. The average molecular weight is 364 g/mol. The van der Waals surface area contributed by atoms with Crippen LogP contribution in [0.1, 0.15) is 27.6 Å². The highest BCUT2D eigenvalue weighted by Crippen LogP contribution is 2.29. The smallest absolute Gasteiger partial charge is 0.334 e. The maximum absolute atomic E-state index is 12.4. The van der Waals surface area contributed by atoms with Gasteiger partial charge in [-0.3, -0.25) is 14.5 Å². The van der Waals surface area contributed by atoms with Crippen LogP contribution in [-0.2, 0) is 4.79 Å². The molecule has 2 aromatic carbocycles. The van der Waals surface area contributed by atoms with Gasteiger partial charge in [-0.05, 0) is 31.2 Å². The summed E-state index contributed by atoms with van der Waals surface area (Å²) in [4.78, 5) is 38.0. The van der Waals surface area contributed by atoms with Crippen LogP contribution in [0.15, 0.2) is 42.5 Å². The van der Waals surface area contributed by atoms with Gasteiger partial charge in [0.05, 0.1) is 16.1 Å². The first kappa shape index (κ1) is 16.5. The summed E-state index contributed by atoms with van der Waals surface area (Å²) in [6, 6.07) is 9.71. The largest absolute Gasteiger partial charge is 0.423 e. The number of amides is 2. The van der Waals surface area contributed by atoms with E-state index in [1.165, 1.54) is 19.1 Å². The van der Waals surface area contributed by atoms with E-state index < -0.39 is 23.8 Å². The van der Waals surface area contributed by atoms with Crippen molar-refractivity contribution < 1.29 is 19.1 Å². The molecule has 0 fully saturated rings. The zero-order valence-electron chi connectivity index (χ0n) is 12.5. The van der Waals surface area contributed by atoms with Crippen LogP contribution in [0.3, 0.4) is 0 Å². The molecule has 0 bridgehead atoms. The van der Waals surface area contributed by atoms with Crippen LogP contribution in [0.5, 0.6) is 5.75 Å². The highest BCUT2D eigenvalue weighted by Gasteiger charge is 2.41. The maximum Gasteiger partial charge on any atom is 0.334 e. The molecule has 1 aliphatic rings. The molecule has 1 aliphatic heterocycles. The van der Waals surface area contributed by atoms with E-state index in [2.05, 4.69) is 0 Å². The molecule has 2 aromatic rings. The molecule has 1 heterocycles. The van der Waals surface area contributed by atoms with E-state index in [0.29, 0.717) is 5.02 Å². The lowest BCUT2D eigenvalue weighted by Gasteiger charge is -2.21. The zero-order valence-corrected chi connectivity index (χ0v) is 14.0. The summed E-state index contributed by atoms with van der Waals surface area (Å²) in [5, 5.41) is 0.540. The van der Waals surface area contributed by atoms with Crippen molar-refractivity contribution in [2.24, 2.45) is 0 Å². The second-order valence-electron chi connectivity index (χ2n) is 5.20. The van der Waals surface area contributed by atoms with Gasteiger partial charge < -0.3 is 4.74 Å². The molecule has 0 unspecified atom stereocenters. The Balaban J connectivity index is 1.83. The normalized spacial score (nSPS) is 14.5. The van der Waals surface area contributed by atoms with Crippen molar-refractivity contribution in [2.45, 2.75) is 13.0 Å². The fourth-order valence-electron chi connectivity index (χ4n) is 2.41. The van der Waals surface area contributed by atoms with E-state index in [-0.39, 0.29) is 21.9 Å². The molecular weight excluding hydrogens is 353 g/mol. The third kappa shape index (κ3) is 2.77. The Bertz CT molecular complexity index is 830. The number of imide groups is 1. The summed E-state index contributed by atoms with van der Waals surface area (Å²) in [7, 11) is 0. The molecule has 0 aliphatic carbocycles. The van der Waals surface area contributed by atoms with Gasteiger partial charge in [-0.2, -0.15) is 0 Å². The highest BCUT2D eigenvalue weighted by atomic mass is 35.5. The second kappa shape index (κ2) is 6.26. The standard InChI is InChI=1S/C17H11Cl2NO4/c1-9(17(23)24-14-8-10(18)6-7-13(14)19)20-15(21)11-4-2-3-5-12(11)16(20)22/h2-9H,1H3/t9-/m1/s1. The van der Waals surface area contributed by atoms with Crippen molar-refractivity contribution in [3.05, 3.63) is 63.6 Å². The first-order valence-electron chi connectivity index (χ1n) is 7.04. The van der Waals surface area contributed by atoms with Gasteiger partial charge >= 0.3 is 5.97 Å². The van der Waals surface area contributed by atoms with E-state index in [1.54, 1.807) is 30.3 Å². The summed E-state index contributed by atoms with van der Waals surface area (Å²) in [6.45, 7) is 1.42. The van der Waals surface area contributed by atoms with Crippen LogP contribution in [0.4, 0.5) is 0 Å². The number of halogens is 2. The first-order chi connectivity index (χ1) is 11.4. The predicted molar refractivity (Wildman–Crippen MR) is 88.5 cm³/mol. The molecule has 3 rings (SSSR count). The number of fused-ring (bicyclic) bond motifs is 1. The Morgan fingerprint density at radius 1 is 1.04 bits per heavy atom. The third-order valence-corrected chi connectivity index (χ3v) is 4.21. The average Bonchev–Trinajstić information content (AvgIpc) is 2.82. The van der Waals surface area contributed by atoms with Gasteiger partial charge in [0, 0.05) is 11.1 Å². The second-order valence-corrected chi connectivity index (χ2v) is 6.04. The number of nitrogens with zero attached hydrogens (tertiary/aromatic N) is 1. The van der Waals surface area contributed by atoms with Crippen LogP contribution in [0.2, 0.25) is 10.0 Å². The maximum atomic E-state index is 12.4. The van der Waals surface area contributed by atoms with E-state index in [9.17, 15) is 14.4 Å². The molecule has 0 saturated carbocycles. The lowest BCUT2D eigenvalue weighted by atomic mass is 10.1. The number of carbonyl (C=O) groups is 3. The van der Waals surface area contributed by atoms with Gasteiger partial charge in [0.25, 0.3) is 11.8 Å². The Kier molecular flexibility index (Phi) is 4.30. The molecule has 0 saturated heterocycles. The van der Waals surface area contributed by atoms with Gasteiger partial charge in [-0.25, -0.2) is 4.79 Å². The summed E-state index contributed by atoms with van der Waals surface area (Å²) in [5.41, 5.74) is 0.533. The Hall–Kier alpha value is -2.37. The Morgan fingerprint density at radius 3 is 2.21 bits per heavy atom. The predicted octanol–water partition coefficient (Wildman–Crippen LogP) is 3.58. The number of carbonyl (C=O) groups excluding carboxylic acids is 3. The van der Waals surface area contributed by atoms with Crippen molar-refractivity contribution in [3.8, 4) is 5.75 Å². The van der Waals surface area contributed by atoms with Gasteiger partial charge in [0.15, 0.2) is 5.75 Å². The minimum Gasteiger partial charge on any atom is -0.423 e. The molecule has 5 nitrogen and oxygen atoms in total. The summed E-state index contributed by atoms with van der Waals surface area (Å²) in [6.07, 6.45) is 0. The highest BCUT2D eigenvalue weighted by molar-refractivity contribution is 6.34. The summed E-state index contributed by atoms with van der Waals surface area (Å²) in [5.74, 6) is -1.78. The Labute approximate surface area is 147 Å². The number of hydrogen-bond acceptors (Lipinski definition) is 4. The summed E-state index contributed by atoms with van der Waals surface area (Å²) >= 11 is 11.8. The number of ether oxygens (including phenoxy) is 1. The quantitative estimate of drug-likeness (QED) is 0.474. The molecule has 0 radical (unpaired) electrons. The summed E-state index contributed by atoms with van der Waals surface area (Å²) < 4.78 is 5.19. The van der Waals surface area contributed by atoms with Crippen molar-refractivity contribution in [3.63, 3.8) is 0 Å². The monoisotopic (exact) mass is 363 g/mol. The van der Waals surface area contributed by atoms with Crippen LogP contribution >= 0.6 is 23.2 Å². The lowest BCUT2D eigenvalue weighted by molar-refractivity contribution is -0.138. The molecule has 122 valence electrons. The molecule has 24 heavy (non-hydrogen) atoms. The molecule has 0 aromatic heterocycles. The van der Waals surface area contributed by atoms with Crippen molar-refractivity contribution in [1.29, 1.82) is 0 Å². The number of rotatable bonds is 3. The Morgan fingerprint density at radius 2 is 1.62 bits per heavy atom. The van der Waals surface area contributed by atoms with Gasteiger partial charge in [-0.15, -0.1) is 0 Å². The molecular formula is C17H11Cl2NO4. The van der Waals surface area contributed by atoms with E-state index in [0.717, 1.165) is 4.90 Å².